The number of hydrogen-bond acceptors (Lipinski definition) is 5. The van der Waals surface area contributed by atoms with Crippen molar-refractivity contribution in [3.8, 4) is 0 Å². The lowest BCUT2D eigenvalue weighted by atomic mass is 9.96. The first-order valence-corrected chi connectivity index (χ1v) is 7.27. The molecule has 1 saturated heterocycles. The molecule has 0 unspecified atom stereocenters. The van der Waals surface area contributed by atoms with Crippen molar-refractivity contribution in [1.82, 2.24) is 24.8 Å². The summed E-state index contributed by atoms with van der Waals surface area (Å²) in [6, 6.07) is -0.348. The molecule has 1 amide bonds. The van der Waals surface area contributed by atoms with E-state index >= 15 is 0 Å². The summed E-state index contributed by atoms with van der Waals surface area (Å²) in [5.74, 6) is 1.05. The van der Waals surface area contributed by atoms with Gasteiger partial charge in [-0.05, 0) is 19.8 Å². The summed E-state index contributed by atoms with van der Waals surface area (Å²) >= 11 is 5.84. The molecule has 2 aromatic heterocycles. The molecule has 3 rings (SSSR count). The number of piperidine rings is 1. The normalized spacial score (nSPS) is 17.9. The zero-order chi connectivity index (χ0) is 14.8. The Morgan fingerprint density at radius 3 is 2.81 bits per heavy atom. The van der Waals surface area contributed by atoms with Crippen LogP contribution in [0.2, 0.25) is 5.02 Å². The first kappa shape index (κ1) is 14.1. The molecule has 1 fully saturated rings. The van der Waals surface area contributed by atoms with Gasteiger partial charge in [-0.3, -0.25) is 9.48 Å². The van der Waals surface area contributed by atoms with Crippen molar-refractivity contribution in [2.45, 2.75) is 31.7 Å². The fraction of sp³-hybridized carbons (Fsp3) is 0.538. The number of carbonyl (C=O) groups excluding carboxylic acids is 1. The molecule has 1 aliphatic heterocycles. The van der Waals surface area contributed by atoms with Crippen LogP contribution >= 0.6 is 11.6 Å². The fourth-order valence-corrected chi connectivity index (χ4v) is 2.76. The molecule has 7 nitrogen and oxygen atoms in total. The van der Waals surface area contributed by atoms with Crippen molar-refractivity contribution in [3.63, 3.8) is 0 Å². The monoisotopic (exact) mass is 309 g/mol. The topological polar surface area (TPSA) is 77.0 Å². The van der Waals surface area contributed by atoms with Crippen LogP contribution in [0.5, 0.6) is 0 Å². The molecule has 112 valence electrons. The van der Waals surface area contributed by atoms with E-state index in [9.17, 15) is 4.79 Å². The van der Waals surface area contributed by atoms with Gasteiger partial charge in [0, 0.05) is 25.2 Å². The minimum atomic E-state index is -0.348. The maximum Gasteiger partial charge on any atom is 0.247 e. The Labute approximate surface area is 126 Å². The smallest absolute Gasteiger partial charge is 0.247 e. The van der Waals surface area contributed by atoms with Gasteiger partial charge in [0.25, 0.3) is 0 Å². The molecule has 8 heteroatoms. The molecule has 3 heterocycles. The second kappa shape index (κ2) is 5.85. The summed E-state index contributed by atoms with van der Waals surface area (Å²) in [4.78, 5) is 18.4. The number of likely N-dealkylation sites (tertiary alicyclic amines) is 1. The van der Waals surface area contributed by atoms with Crippen LogP contribution < -0.4 is 0 Å². The lowest BCUT2D eigenvalue weighted by molar-refractivity contribution is -0.135. The molecule has 0 radical (unpaired) electrons. The van der Waals surface area contributed by atoms with Crippen LogP contribution in [-0.2, 0) is 4.79 Å². The SMILES string of the molecule is C[C@@H](C(=O)N1CCC(c2ncon2)CC1)n1cc(Cl)cn1. The molecule has 21 heavy (non-hydrogen) atoms. The minimum Gasteiger partial charge on any atom is -0.343 e. The maximum atomic E-state index is 12.5. The molecule has 0 spiro atoms. The lowest BCUT2D eigenvalue weighted by Crippen LogP contribution is -2.41. The summed E-state index contributed by atoms with van der Waals surface area (Å²) in [5.41, 5.74) is 0. The molecule has 0 N–H and O–H groups in total. The first-order chi connectivity index (χ1) is 10.1. The van der Waals surface area contributed by atoms with Gasteiger partial charge in [-0.2, -0.15) is 10.1 Å². The predicted octanol–water partition coefficient (Wildman–Crippen LogP) is 1.89. The zero-order valence-electron chi connectivity index (χ0n) is 11.6. The summed E-state index contributed by atoms with van der Waals surface area (Å²) in [5, 5.41) is 8.50. The van der Waals surface area contributed by atoms with E-state index < -0.39 is 0 Å². The van der Waals surface area contributed by atoms with Crippen LogP contribution in [0.4, 0.5) is 0 Å². The van der Waals surface area contributed by atoms with E-state index in [0.717, 1.165) is 18.7 Å². The van der Waals surface area contributed by atoms with Gasteiger partial charge in [-0.15, -0.1) is 0 Å². The van der Waals surface area contributed by atoms with Crippen molar-refractivity contribution in [1.29, 1.82) is 0 Å². The maximum absolute atomic E-state index is 12.5. The Bertz CT molecular complexity index is 604. The lowest BCUT2D eigenvalue weighted by Gasteiger charge is -2.32. The quantitative estimate of drug-likeness (QED) is 0.865. The second-order valence-corrected chi connectivity index (χ2v) is 5.64. The molecule has 1 atom stereocenters. The molecular weight excluding hydrogens is 294 g/mol. The van der Waals surface area contributed by atoms with Crippen LogP contribution in [0, 0.1) is 0 Å². The number of carbonyl (C=O) groups is 1. The van der Waals surface area contributed by atoms with E-state index in [1.807, 2.05) is 11.8 Å². The van der Waals surface area contributed by atoms with E-state index in [1.54, 1.807) is 10.9 Å². The average Bonchev–Trinajstić information content (AvgIpc) is 3.17. The van der Waals surface area contributed by atoms with Crippen LogP contribution in [0.3, 0.4) is 0 Å². The van der Waals surface area contributed by atoms with Crippen molar-refractivity contribution in [2.24, 2.45) is 0 Å². The largest absolute Gasteiger partial charge is 0.343 e. The standard InChI is InChI=1S/C13H16ClN5O2/c1-9(19-7-11(14)6-16-19)13(20)18-4-2-10(3-5-18)12-15-8-21-17-12/h6-10H,2-5H2,1H3/t9-/m0/s1. The van der Waals surface area contributed by atoms with E-state index in [0.29, 0.717) is 18.1 Å². The molecule has 0 aromatic carbocycles. The minimum absolute atomic E-state index is 0.0568. The highest BCUT2D eigenvalue weighted by Gasteiger charge is 2.29. The molecule has 0 bridgehead atoms. The number of hydrogen-bond donors (Lipinski definition) is 0. The Morgan fingerprint density at radius 2 is 2.24 bits per heavy atom. The van der Waals surface area contributed by atoms with Gasteiger partial charge in [0.15, 0.2) is 5.82 Å². The summed E-state index contributed by atoms with van der Waals surface area (Å²) in [6.07, 6.45) is 6.23. The molecule has 2 aromatic rings. The van der Waals surface area contributed by atoms with Crippen LogP contribution in [0.25, 0.3) is 0 Å². The summed E-state index contributed by atoms with van der Waals surface area (Å²) in [7, 11) is 0. The van der Waals surface area contributed by atoms with Crippen LogP contribution in [-0.4, -0.2) is 43.8 Å². The number of amides is 1. The highest BCUT2D eigenvalue weighted by Crippen LogP contribution is 2.26. The number of halogens is 1. The highest BCUT2D eigenvalue weighted by molar-refractivity contribution is 6.30. The highest BCUT2D eigenvalue weighted by atomic mass is 35.5. The van der Waals surface area contributed by atoms with Crippen LogP contribution in [0.15, 0.2) is 23.3 Å². The Kier molecular flexibility index (Phi) is 3.92. The van der Waals surface area contributed by atoms with E-state index in [1.165, 1.54) is 12.6 Å². The summed E-state index contributed by atoms with van der Waals surface area (Å²) < 4.78 is 6.37. The first-order valence-electron chi connectivity index (χ1n) is 6.90. The average molecular weight is 310 g/mol. The number of nitrogens with zero attached hydrogens (tertiary/aromatic N) is 5. The second-order valence-electron chi connectivity index (χ2n) is 5.20. The third-order valence-electron chi connectivity index (χ3n) is 3.87. The van der Waals surface area contributed by atoms with E-state index in [4.69, 9.17) is 16.1 Å². The van der Waals surface area contributed by atoms with Crippen LogP contribution in [0.1, 0.15) is 37.5 Å². The molecule has 0 aliphatic carbocycles. The van der Waals surface area contributed by atoms with E-state index in [2.05, 4.69) is 15.2 Å². The van der Waals surface area contributed by atoms with Crippen molar-refractivity contribution < 1.29 is 9.32 Å². The van der Waals surface area contributed by atoms with Gasteiger partial charge >= 0.3 is 0 Å². The molecule has 1 aliphatic rings. The summed E-state index contributed by atoms with van der Waals surface area (Å²) in [6.45, 7) is 3.21. The Hall–Kier alpha value is -1.89. The number of rotatable bonds is 3. The van der Waals surface area contributed by atoms with Gasteiger partial charge in [0.05, 0.1) is 11.2 Å². The fourth-order valence-electron chi connectivity index (χ4n) is 2.62. The third-order valence-corrected chi connectivity index (χ3v) is 4.07. The van der Waals surface area contributed by atoms with Gasteiger partial charge in [0.1, 0.15) is 6.04 Å². The van der Waals surface area contributed by atoms with Crippen molar-refractivity contribution >= 4 is 17.5 Å². The van der Waals surface area contributed by atoms with Gasteiger partial charge < -0.3 is 9.42 Å². The van der Waals surface area contributed by atoms with Crippen molar-refractivity contribution in [3.05, 3.63) is 29.6 Å². The third kappa shape index (κ3) is 2.92. The Balaban J connectivity index is 1.60. The van der Waals surface area contributed by atoms with Gasteiger partial charge in [-0.1, -0.05) is 16.8 Å². The molecule has 0 saturated carbocycles. The van der Waals surface area contributed by atoms with Gasteiger partial charge in [-0.25, -0.2) is 0 Å². The predicted molar refractivity (Wildman–Crippen MR) is 74.8 cm³/mol. The zero-order valence-corrected chi connectivity index (χ0v) is 12.4. The Morgan fingerprint density at radius 1 is 1.48 bits per heavy atom. The molecular formula is C13H16ClN5O2. The number of aromatic nitrogens is 4. The van der Waals surface area contributed by atoms with Gasteiger partial charge in [0.2, 0.25) is 12.3 Å². The van der Waals surface area contributed by atoms with Crippen molar-refractivity contribution in [2.75, 3.05) is 13.1 Å². The van der Waals surface area contributed by atoms with E-state index in [-0.39, 0.29) is 17.9 Å².